The lowest BCUT2D eigenvalue weighted by atomic mass is 9.95. The van der Waals surface area contributed by atoms with E-state index in [1.165, 1.54) is 6.42 Å². The van der Waals surface area contributed by atoms with Crippen molar-refractivity contribution in [3.63, 3.8) is 0 Å². The van der Waals surface area contributed by atoms with Crippen LogP contribution in [0.3, 0.4) is 0 Å². The zero-order valence-electron chi connectivity index (χ0n) is 22.7. The fourth-order valence-corrected chi connectivity index (χ4v) is 5.27. The first kappa shape index (κ1) is 30.1. The Morgan fingerprint density at radius 1 is 0.921 bits per heavy atom. The highest BCUT2D eigenvalue weighted by atomic mass is 35.5. The molecule has 1 aliphatic rings. The third-order valence-electron chi connectivity index (χ3n) is 6.91. The van der Waals surface area contributed by atoms with Gasteiger partial charge in [-0.1, -0.05) is 61.5 Å². The Hall–Kier alpha value is -2.44. The van der Waals surface area contributed by atoms with E-state index in [2.05, 4.69) is 5.32 Å². The minimum Gasteiger partial charge on any atom is -0.490 e. The summed E-state index contributed by atoms with van der Waals surface area (Å²) in [6.45, 7) is 7.15. The summed E-state index contributed by atoms with van der Waals surface area (Å²) in [5.74, 6) is 1.18. The van der Waals surface area contributed by atoms with Gasteiger partial charge in [0.05, 0.1) is 23.3 Å². The zero-order chi connectivity index (χ0) is 27.5. The minimum absolute atomic E-state index is 0.0893. The summed E-state index contributed by atoms with van der Waals surface area (Å²) in [6, 6.07) is 10.7. The van der Waals surface area contributed by atoms with Gasteiger partial charge in [-0.25, -0.2) is 0 Å². The molecular formula is C30H40Cl2N2O4. The molecule has 1 fully saturated rings. The Morgan fingerprint density at radius 3 is 2.26 bits per heavy atom. The van der Waals surface area contributed by atoms with Gasteiger partial charge in [0, 0.05) is 19.0 Å². The Balaban J connectivity index is 1.79. The molecule has 1 atom stereocenters. The number of rotatable bonds is 13. The Labute approximate surface area is 237 Å². The van der Waals surface area contributed by atoms with E-state index >= 15 is 0 Å². The summed E-state index contributed by atoms with van der Waals surface area (Å²) in [4.78, 5) is 28.8. The van der Waals surface area contributed by atoms with E-state index in [-0.39, 0.29) is 30.8 Å². The second-order valence-electron chi connectivity index (χ2n) is 9.68. The van der Waals surface area contributed by atoms with Crippen LogP contribution >= 0.6 is 23.2 Å². The number of aryl methyl sites for hydroxylation is 1. The van der Waals surface area contributed by atoms with Crippen molar-refractivity contribution in [2.45, 2.75) is 90.8 Å². The van der Waals surface area contributed by atoms with Crippen LogP contribution in [0, 0.1) is 0 Å². The predicted octanol–water partition coefficient (Wildman–Crippen LogP) is 6.98. The number of amides is 2. The van der Waals surface area contributed by atoms with Crippen LogP contribution in [0.5, 0.6) is 11.5 Å². The lowest BCUT2D eigenvalue weighted by Crippen LogP contribution is -2.51. The first-order valence-corrected chi connectivity index (χ1v) is 14.5. The van der Waals surface area contributed by atoms with Crippen LogP contribution in [0.4, 0.5) is 0 Å². The van der Waals surface area contributed by atoms with Gasteiger partial charge in [0.25, 0.3) is 0 Å². The normalized spacial score (nSPS) is 14.6. The molecule has 0 bridgehead atoms. The van der Waals surface area contributed by atoms with Crippen LogP contribution < -0.4 is 14.8 Å². The maximum Gasteiger partial charge on any atom is 0.243 e. The first-order valence-electron chi connectivity index (χ1n) is 13.8. The summed E-state index contributed by atoms with van der Waals surface area (Å²) in [5.41, 5.74) is 1.80. The quantitative estimate of drug-likeness (QED) is 0.286. The summed E-state index contributed by atoms with van der Waals surface area (Å²) in [7, 11) is 0. The molecule has 3 rings (SSSR count). The zero-order valence-corrected chi connectivity index (χ0v) is 24.2. The highest BCUT2D eigenvalue weighted by Gasteiger charge is 2.30. The molecule has 2 aromatic rings. The van der Waals surface area contributed by atoms with Crippen LogP contribution in [-0.2, 0) is 22.6 Å². The summed E-state index contributed by atoms with van der Waals surface area (Å²) in [6.07, 6.45) is 6.73. The highest BCUT2D eigenvalue weighted by molar-refractivity contribution is 6.42. The molecule has 6 nitrogen and oxygen atoms in total. The van der Waals surface area contributed by atoms with E-state index in [9.17, 15) is 9.59 Å². The molecule has 1 aliphatic carbocycles. The standard InChI is InChI=1S/C30H40Cl2N2O4/c1-4-26(30(36)33-23-10-8-7-9-11-23)34(20-22-12-15-24(31)25(32)18-22)29(35)17-14-21-13-16-27(37-5-2)28(19-21)38-6-3/h12-13,15-16,18-19,23,26H,4-11,14,17,20H2,1-3H3,(H,33,36)/t26-/m1/s1. The number of benzene rings is 2. The molecule has 208 valence electrons. The molecule has 0 saturated heterocycles. The van der Waals surface area contributed by atoms with E-state index in [1.807, 2.05) is 45.0 Å². The second-order valence-corrected chi connectivity index (χ2v) is 10.5. The van der Waals surface area contributed by atoms with E-state index in [0.717, 1.165) is 36.8 Å². The summed E-state index contributed by atoms with van der Waals surface area (Å²) in [5, 5.41) is 4.09. The molecule has 0 spiro atoms. The van der Waals surface area contributed by atoms with Gasteiger partial charge in [-0.3, -0.25) is 9.59 Å². The van der Waals surface area contributed by atoms with Crippen molar-refractivity contribution in [3.05, 3.63) is 57.6 Å². The van der Waals surface area contributed by atoms with Gasteiger partial charge in [0.2, 0.25) is 11.8 Å². The van der Waals surface area contributed by atoms with Gasteiger partial charge < -0.3 is 19.7 Å². The van der Waals surface area contributed by atoms with Gasteiger partial charge in [-0.2, -0.15) is 0 Å². The maximum absolute atomic E-state index is 13.7. The van der Waals surface area contributed by atoms with Crippen molar-refractivity contribution < 1.29 is 19.1 Å². The SMILES string of the molecule is CCOc1ccc(CCC(=O)N(Cc2ccc(Cl)c(Cl)c2)[C@H](CC)C(=O)NC2CCCCC2)cc1OCC. The van der Waals surface area contributed by atoms with Gasteiger partial charge in [0.15, 0.2) is 11.5 Å². The highest BCUT2D eigenvalue weighted by Crippen LogP contribution is 2.29. The van der Waals surface area contributed by atoms with Crippen molar-refractivity contribution in [1.29, 1.82) is 0 Å². The van der Waals surface area contributed by atoms with Crippen LogP contribution in [-0.4, -0.2) is 42.0 Å². The average molecular weight is 564 g/mol. The number of carbonyl (C=O) groups excluding carboxylic acids is 2. The summed E-state index contributed by atoms with van der Waals surface area (Å²) < 4.78 is 11.4. The number of carbonyl (C=O) groups is 2. The smallest absolute Gasteiger partial charge is 0.243 e. The molecule has 0 aromatic heterocycles. The van der Waals surface area contributed by atoms with Gasteiger partial charge in [0.1, 0.15) is 6.04 Å². The largest absolute Gasteiger partial charge is 0.490 e. The number of ether oxygens (including phenoxy) is 2. The predicted molar refractivity (Wildman–Crippen MR) is 153 cm³/mol. The topological polar surface area (TPSA) is 67.9 Å². The van der Waals surface area contributed by atoms with Crippen LogP contribution in [0.25, 0.3) is 0 Å². The van der Waals surface area contributed by atoms with Gasteiger partial charge >= 0.3 is 0 Å². The molecule has 0 radical (unpaired) electrons. The Kier molecular flexibility index (Phi) is 12.1. The molecule has 8 heteroatoms. The second kappa shape index (κ2) is 15.2. The van der Waals surface area contributed by atoms with E-state index in [0.29, 0.717) is 47.6 Å². The van der Waals surface area contributed by atoms with Crippen LogP contribution in [0.15, 0.2) is 36.4 Å². The molecule has 0 heterocycles. The average Bonchev–Trinajstić information content (AvgIpc) is 2.91. The molecular weight excluding hydrogens is 523 g/mol. The molecule has 2 amide bonds. The fraction of sp³-hybridized carbons (Fsp3) is 0.533. The lowest BCUT2D eigenvalue weighted by molar-refractivity contribution is -0.141. The van der Waals surface area contributed by atoms with Crippen molar-refractivity contribution in [3.8, 4) is 11.5 Å². The van der Waals surface area contributed by atoms with Crippen molar-refractivity contribution in [2.24, 2.45) is 0 Å². The van der Waals surface area contributed by atoms with Crippen LogP contribution in [0.2, 0.25) is 10.0 Å². The minimum atomic E-state index is -0.571. The van der Waals surface area contributed by atoms with E-state index < -0.39 is 6.04 Å². The molecule has 1 saturated carbocycles. The third-order valence-corrected chi connectivity index (χ3v) is 7.65. The van der Waals surface area contributed by atoms with Crippen LogP contribution in [0.1, 0.15) is 76.8 Å². The molecule has 38 heavy (non-hydrogen) atoms. The van der Waals surface area contributed by atoms with Crippen molar-refractivity contribution in [2.75, 3.05) is 13.2 Å². The molecule has 0 aliphatic heterocycles. The molecule has 0 unspecified atom stereocenters. The Morgan fingerprint density at radius 2 is 1.61 bits per heavy atom. The van der Waals surface area contributed by atoms with Gasteiger partial charge in [-0.15, -0.1) is 0 Å². The summed E-state index contributed by atoms with van der Waals surface area (Å²) >= 11 is 12.4. The lowest BCUT2D eigenvalue weighted by Gasteiger charge is -2.33. The monoisotopic (exact) mass is 562 g/mol. The van der Waals surface area contributed by atoms with Crippen molar-refractivity contribution in [1.82, 2.24) is 10.2 Å². The maximum atomic E-state index is 13.7. The number of halogens is 2. The Bertz CT molecular complexity index is 1070. The van der Waals surface area contributed by atoms with Gasteiger partial charge in [-0.05, 0) is 74.9 Å². The number of nitrogens with one attached hydrogen (secondary N) is 1. The number of hydrogen-bond acceptors (Lipinski definition) is 4. The first-order chi connectivity index (χ1) is 18.4. The fourth-order valence-electron chi connectivity index (χ4n) is 4.94. The molecule has 2 aromatic carbocycles. The third kappa shape index (κ3) is 8.54. The van der Waals surface area contributed by atoms with E-state index in [4.69, 9.17) is 32.7 Å². The number of nitrogens with zero attached hydrogens (tertiary/aromatic N) is 1. The van der Waals surface area contributed by atoms with Crippen molar-refractivity contribution >= 4 is 35.0 Å². The van der Waals surface area contributed by atoms with E-state index in [1.54, 1.807) is 17.0 Å². The number of hydrogen-bond donors (Lipinski definition) is 1. The molecule has 1 N–H and O–H groups in total.